The lowest BCUT2D eigenvalue weighted by molar-refractivity contribution is 0.0932. The summed E-state index contributed by atoms with van der Waals surface area (Å²) < 4.78 is 13.1. The van der Waals surface area contributed by atoms with Gasteiger partial charge >= 0.3 is 0 Å². The van der Waals surface area contributed by atoms with Gasteiger partial charge in [0.05, 0.1) is 23.6 Å². The minimum Gasteiger partial charge on any atom is -0.472 e. The van der Waals surface area contributed by atoms with Gasteiger partial charge in [0.2, 0.25) is 11.7 Å². The van der Waals surface area contributed by atoms with Gasteiger partial charge in [-0.25, -0.2) is 4.98 Å². The molecule has 0 saturated carbocycles. The van der Waals surface area contributed by atoms with E-state index in [1.807, 2.05) is 22.7 Å². The molecule has 1 amide bonds. The zero-order valence-electron chi connectivity index (χ0n) is 13.0. The van der Waals surface area contributed by atoms with Gasteiger partial charge in [0.1, 0.15) is 21.7 Å². The summed E-state index contributed by atoms with van der Waals surface area (Å²) in [5, 5.41) is 6.81. The largest absolute Gasteiger partial charge is 0.472 e. The number of halogens is 1. The van der Waals surface area contributed by atoms with Gasteiger partial charge in [-0.15, -0.1) is 0 Å². The fourth-order valence-corrected chi connectivity index (χ4v) is 2.94. The summed E-state index contributed by atoms with van der Waals surface area (Å²) in [7, 11) is 0. The first kappa shape index (κ1) is 15.8. The molecule has 0 aromatic carbocycles. The molecule has 4 rings (SSSR count). The lowest BCUT2D eigenvalue weighted by Crippen LogP contribution is -2.26. The van der Waals surface area contributed by atoms with E-state index in [1.165, 1.54) is 12.5 Å². The van der Waals surface area contributed by atoms with Crippen molar-refractivity contribution in [2.75, 3.05) is 0 Å². The first-order valence-electron chi connectivity index (χ1n) is 7.42. The zero-order chi connectivity index (χ0) is 17.4. The summed E-state index contributed by atoms with van der Waals surface area (Å²) in [4.78, 5) is 20.9. The van der Waals surface area contributed by atoms with E-state index in [9.17, 15) is 4.79 Å². The third kappa shape index (κ3) is 2.90. The maximum absolute atomic E-state index is 12.1. The lowest BCUT2D eigenvalue weighted by Gasteiger charge is -2.07. The normalized spacial score (nSPS) is 12.4. The van der Waals surface area contributed by atoms with Gasteiger partial charge in [0, 0.05) is 6.20 Å². The molecule has 0 fully saturated rings. The van der Waals surface area contributed by atoms with Crippen LogP contribution in [0.3, 0.4) is 0 Å². The van der Waals surface area contributed by atoms with E-state index in [0.717, 1.165) is 14.9 Å². The van der Waals surface area contributed by atoms with Crippen LogP contribution in [-0.2, 0) is 0 Å². The Morgan fingerprint density at radius 1 is 1.40 bits per heavy atom. The molecule has 9 heteroatoms. The number of pyridine rings is 1. The van der Waals surface area contributed by atoms with Crippen molar-refractivity contribution < 1.29 is 13.7 Å². The summed E-state index contributed by atoms with van der Waals surface area (Å²) in [5.41, 5.74) is 1.94. The standard InChI is InChI=1S/C16H12IN5O3/c1-9(19-15(23)10-4-6-24-8-10)16-20-13(21-25-16)11-3-2-5-22-12(17)7-18-14(11)22/h2-9H,1H3,(H,19,23). The average molecular weight is 449 g/mol. The molecule has 1 N–H and O–H groups in total. The highest BCUT2D eigenvalue weighted by Gasteiger charge is 2.20. The van der Waals surface area contributed by atoms with Gasteiger partial charge in [0.15, 0.2) is 0 Å². The smallest absolute Gasteiger partial charge is 0.255 e. The molecule has 4 aromatic rings. The van der Waals surface area contributed by atoms with Crippen molar-refractivity contribution in [3.05, 3.63) is 58.3 Å². The van der Waals surface area contributed by atoms with Crippen LogP contribution < -0.4 is 5.32 Å². The van der Waals surface area contributed by atoms with Crippen molar-refractivity contribution in [3.8, 4) is 11.4 Å². The van der Waals surface area contributed by atoms with Crippen molar-refractivity contribution in [2.24, 2.45) is 0 Å². The Kier molecular flexibility index (Phi) is 3.99. The summed E-state index contributed by atoms with van der Waals surface area (Å²) in [6.45, 7) is 1.77. The maximum Gasteiger partial charge on any atom is 0.255 e. The molecule has 1 unspecified atom stereocenters. The minimum absolute atomic E-state index is 0.272. The first-order chi connectivity index (χ1) is 12.1. The van der Waals surface area contributed by atoms with E-state index in [-0.39, 0.29) is 5.91 Å². The molecule has 8 nitrogen and oxygen atoms in total. The molecule has 1 atom stereocenters. The Labute approximate surface area is 155 Å². The van der Waals surface area contributed by atoms with Crippen LogP contribution in [0, 0.1) is 3.70 Å². The van der Waals surface area contributed by atoms with Crippen molar-refractivity contribution in [2.45, 2.75) is 13.0 Å². The Hall–Kier alpha value is -2.69. The third-order valence-corrected chi connectivity index (χ3v) is 4.47. The zero-order valence-corrected chi connectivity index (χ0v) is 15.2. The van der Waals surface area contributed by atoms with E-state index < -0.39 is 6.04 Å². The van der Waals surface area contributed by atoms with Gasteiger partial charge in [-0.1, -0.05) is 5.16 Å². The molecule has 0 bridgehead atoms. The Morgan fingerprint density at radius 3 is 3.08 bits per heavy atom. The molecule has 4 heterocycles. The second-order valence-electron chi connectivity index (χ2n) is 5.36. The number of aromatic nitrogens is 4. The van der Waals surface area contributed by atoms with Crippen LogP contribution in [0.15, 0.2) is 52.1 Å². The van der Waals surface area contributed by atoms with E-state index in [2.05, 4.69) is 43.0 Å². The number of imidazole rings is 1. The molecule has 0 aliphatic carbocycles. The Morgan fingerprint density at radius 2 is 2.28 bits per heavy atom. The second kappa shape index (κ2) is 6.31. The van der Waals surface area contributed by atoms with Gasteiger partial charge in [0.25, 0.3) is 5.91 Å². The molecular weight excluding hydrogens is 437 g/mol. The van der Waals surface area contributed by atoms with Crippen molar-refractivity contribution >= 4 is 34.1 Å². The average Bonchev–Trinajstić information content (AvgIpc) is 3.36. The van der Waals surface area contributed by atoms with E-state index in [1.54, 1.807) is 19.2 Å². The monoisotopic (exact) mass is 449 g/mol. The van der Waals surface area contributed by atoms with E-state index in [0.29, 0.717) is 17.3 Å². The molecule has 4 aromatic heterocycles. The molecule has 25 heavy (non-hydrogen) atoms. The van der Waals surface area contributed by atoms with E-state index in [4.69, 9.17) is 8.94 Å². The van der Waals surface area contributed by atoms with Crippen LogP contribution >= 0.6 is 22.6 Å². The summed E-state index contributed by atoms with van der Waals surface area (Å²) in [6, 6.07) is 4.92. The highest BCUT2D eigenvalue weighted by atomic mass is 127. The highest BCUT2D eigenvalue weighted by Crippen LogP contribution is 2.24. The number of hydrogen-bond acceptors (Lipinski definition) is 6. The Bertz CT molecular complexity index is 1040. The molecule has 0 radical (unpaired) electrons. The molecule has 0 spiro atoms. The van der Waals surface area contributed by atoms with Gasteiger partial charge in [-0.2, -0.15) is 4.98 Å². The molecule has 126 valence electrons. The number of furan rings is 1. The number of nitrogens with zero attached hydrogens (tertiary/aromatic N) is 4. The number of hydrogen-bond donors (Lipinski definition) is 1. The number of nitrogens with one attached hydrogen (secondary N) is 1. The number of amides is 1. The van der Waals surface area contributed by atoms with Gasteiger partial charge < -0.3 is 14.3 Å². The maximum atomic E-state index is 12.1. The van der Waals surface area contributed by atoms with Crippen LogP contribution in [0.5, 0.6) is 0 Å². The first-order valence-corrected chi connectivity index (χ1v) is 8.50. The topological polar surface area (TPSA) is 98.5 Å². The Balaban J connectivity index is 1.60. The van der Waals surface area contributed by atoms with Crippen molar-refractivity contribution in [3.63, 3.8) is 0 Å². The van der Waals surface area contributed by atoms with Gasteiger partial charge in [-0.05, 0) is 47.7 Å². The number of rotatable bonds is 4. The molecule has 0 saturated heterocycles. The number of carbonyl (C=O) groups excluding carboxylic acids is 1. The van der Waals surface area contributed by atoms with Crippen LogP contribution in [-0.4, -0.2) is 25.4 Å². The van der Waals surface area contributed by atoms with Crippen molar-refractivity contribution in [1.82, 2.24) is 24.8 Å². The molecule has 0 aliphatic rings. The summed E-state index contributed by atoms with van der Waals surface area (Å²) in [5.74, 6) is 0.466. The number of carbonyl (C=O) groups is 1. The van der Waals surface area contributed by atoms with Crippen LogP contribution in [0.2, 0.25) is 0 Å². The highest BCUT2D eigenvalue weighted by molar-refractivity contribution is 14.1. The van der Waals surface area contributed by atoms with Gasteiger partial charge in [-0.3, -0.25) is 9.20 Å². The fourth-order valence-electron chi connectivity index (χ4n) is 2.41. The predicted molar refractivity (Wildman–Crippen MR) is 95.8 cm³/mol. The molecule has 0 aliphatic heterocycles. The summed E-state index contributed by atoms with van der Waals surface area (Å²) in [6.07, 6.45) is 6.51. The second-order valence-corrected chi connectivity index (χ2v) is 6.47. The van der Waals surface area contributed by atoms with Crippen LogP contribution in [0.4, 0.5) is 0 Å². The SMILES string of the molecule is CC(NC(=O)c1ccoc1)c1nc(-c2cccn3c(I)cnc23)no1. The lowest BCUT2D eigenvalue weighted by atomic mass is 10.2. The quantitative estimate of drug-likeness (QED) is 0.481. The summed E-state index contributed by atoms with van der Waals surface area (Å²) >= 11 is 2.20. The predicted octanol–water partition coefficient (Wildman–Crippen LogP) is 3.07. The minimum atomic E-state index is -0.441. The van der Waals surface area contributed by atoms with Crippen LogP contribution in [0.25, 0.3) is 17.0 Å². The third-order valence-electron chi connectivity index (χ3n) is 3.67. The van der Waals surface area contributed by atoms with E-state index >= 15 is 0 Å². The molecular formula is C16H12IN5O3. The number of fused-ring (bicyclic) bond motifs is 1. The fraction of sp³-hybridized carbons (Fsp3) is 0.125. The van der Waals surface area contributed by atoms with Crippen LogP contribution in [0.1, 0.15) is 29.2 Å². The van der Waals surface area contributed by atoms with Crippen molar-refractivity contribution in [1.29, 1.82) is 0 Å².